The number of ether oxygens (including phenoxy) is 3. The summed E-state index contributed by atoms with van der Waals surface area (Å²) in [5.41, 5.74) is -0.700. The smallest absolute Gasteiger partial charge is 0.417 e. The monoisotopic (exact) mass is 514 g/mol. The van der Waals surface area contributed by atoms with Crippen LogP contribution in [0.4, 0.5) is 19.0 Å². The van der Waals surface area contributed by atoms with Crippen LogP contribution in [0.1, 0.15) is 29.9 Å². The Bertz CT molecular complexity index is 1440. The van der Waals surface area contributed by atoms with E-state index < -0.39 is 29.5 Å². The van der Waals surface area contributed by atoms with Crippen molar-refractivity contribution in [3.05, 3.63) is 66.2 Å². The van der Waals surface area contributed by atoms with Crippen LogP contribution in [0.2, 0.25) is 0 Å². The lowest BCUT2D eigenvalue weighted by Gasteiger charge is -2.17. The molecule has 0 aliphatic carbocycles. The zero-order chi connectivity index (χ0) is 26.2. The van der Waals surface area contributed by atoms with Crippen molar-refractivity contribution >= 4 is 17.4 Å². The fourth-order valence-corrected chi connectivity index (χ4v) is 3.82. The number of nitrogens with zero attached hydrogens (tertiary/aromatic N) is 5. The predicted molar refractivity (Wildman–Crippen MR) is 124 cm³/mol. The van der Waals surface area contributed by atoms with Crippen LogP contribution in [0.15, 0.2) is 55.0 Å². The number of carbonyl (C=O) groups excluding carboxylic acids is 1. The van der Waals surface area contributed by atoms with Crippen molar-refractivity contribution in [2.75, 3.05) is 18.5 Å². The molecule has 1 N–H and O–H groups in total. The van der Waals surface area contributed by atoms with E-state index in [9.17, 15) is 18.0 Å². The first-order valence-electron chi connectivity index (χ1n) is 11.2. The third kappa shape index (κ3) is 5.22. The summed E-state index contributed by atoms with van der Waals surface area (Å²) in [5.74, 6) is -1.39. The number of amides is 1. The molecule has 3 aromatic heterocycles. The summed E-state index contributed by atoms with van der Waals surface area (Å²) in [6, 6.07) is 7.99. The molecule has 1 aliphatic rings. The summed E-state index contributed by atoms with van der Waals surface area (Å²) in [7, 11) is 0. The highest BCUT2D eigenvalue weighted by molar-refractivity contribution is 6.03. The maximum absolute atomic E-state index is 13.6. The number of carbonyl (C=O) groups is 1. The number of aromatic nitrogens is 5. The molecule has 0 bridgehead atoms. The third-order valence-corrected chi connectivity index (χ3v) is 5.45. The molecule has 1 atom stereocenters. The Morgan fingerprint density at radius 1 is 1.22 bits per heavy atom. The topological polar surface area (TPSA) is 113 Å². The number of hydrogen-bond acceptors (Lipinski definition) is 8. The molecule has 37 heavy (non-hydrogen) atoms. The van der Waals surface area contributed by atoms with Gasteiger partial charge in [0.1, 0.15) is 18.4 Å². The van der Waals surface area contributed by atoms with Crippen LogP contribution in [0.25, 0.3) is 16.9 Å². The molecule has 4 aromatic rings. The highest BCUT2D eigenvalue weighted by Crippen LogP contribution is 2.37. The highest BCUT2D eigenvalue weighted by atomic mass is 19.4. The van der Waals surface area contributed by atoms with Gasteiger partial charge in [-0.1, -0.05) is 18.2 Å². The molecule has 5 rings (SSSR count). The number of hydrogen-bond donors (Lipinski definition) is 1. The molecule has 1 fully saturated rings. The molecule has 1 amide bonds. The minimum atomic E-state index is -4.59. The lowest BCUT2D eigenvalue weighted by molar-refractivity contribution is -0.141. The summed E-state index contributed by atoms with van der Waals surface area (Å²) >= 11 is 0. The van der Waals surface area contributed by atoms with Gasteiger partial charge >= 0.3 is 6.18 Å². The molecule has 0 saturated carbocycles. The van der Waals surface area contributed by atoms with Gasteiger partial charge < -0.3 is 19.5 Å². The van der Waals surface area contributed by atoms with Crippen LogP contribution in [0, 0.1) is 0 Å². The van der Waals surface area contributed by atoms with Gasteiger partial charge in [0.2, 0.25) is 0 Å². The Hall–Kier alpha value is -4.10. The first kappa shape index (κ1) is 24.6. The first-order chi connectivity index (χ1) is 17.6. The van der Waals surface area contributed by atoms with Crippen molar-refractivity contribution in [2.45, 2.75) is 31.9 Å². The van der Waals surface area contributed by atoms with Crippen molar-refractivity contribution in [1.82, 2.24) is 24.6 Å². The molecule has 1 saturated heterocycles. The summed E-state index contributed by atoms with van der Waals surface area (Å²) in [4.78, 5) is 25.1. The summed E-state index contributed by atoms with van der Waals surface area (Å²) in [5, 5.41) is 7.00. The van der Waals surface area contributed by atoms with Crippen LogP contribution in [-0.4, -0.2) is 55.6 Å². The Morgan fingerprint density at radius 2 is 2.03 bits per heavy atom. The van der Waals surface area contributed by atoms with Crippen LogP contribution in [-0.2, 0) is 15.7 Å². The molecule has 13 heteroatoms. The van der Waals surface area contributed by atoms with Gasteiger partial charge in [-0.05, 0) is 32.0 Å². The minimum absolute atomic E-state index is 0.000645. The van der Waals surface area contributed by atoms with Gasteiger partial charge in [0.05, 0.1) is 24.1 Å². The fraction of sp³-hybridized carbons (Fsp3) is 0.292. The number of anilines is 1. The van der Waals surface area contributed by atoms with Crippen LogP contribution in [0.5, 0.6) is 5.88 Å². The average Bonchev–Trinajstić information content (AvgIpc) is 3.41. The van der Waals surface area contributed by atoms with E-state index in [-0.39, 0.29) is 47.5 Å². The molecule has 1 aromatic carbocycles. The molecular weight excluding hydrogens is 493 g/mol. The SMILES string of the molecule is CC1(C)OC[C@@H](COc2nc3ccc(-c4ccccc4C(F)(F)F)nn3c2NC(=O)c2cnccn2)O1. The van der Waals surface area contributed by atoms with Gasteiger partial charge in [-0.25, -0.2) is 4.98 Å². The van der Waals surface area contributed by atoms with E-state index >= 15 is 0 Å². The van der Waals surface area contributed by atoms with E-state index in [0.717, 1.165) is 6.07 Å². The number of alkyl halides is 3. The van der Waals surface area contributed by atoms with Gasteiger partial charge in [-0.3, -0.25) is 9.78 Å². The van der Waals surface area contributed by atoms with Crippen LogP contribution in [0.3, 0.4) is 0 Å². The van der Waals surface area contributed by atoms with E-state index in [2.05, 4.69) is 25.4 Å². The second-order valence-electron chi connectivity index (χ2n) is 8.60. The van der Waals surface area contributed by atoms with Crippen molar-refractivity contribution < 1.29 is 32.2 Å². The molecular formula is C24H21F3N6O4. The summed E-state index contributed by atoms with van der Waals surface area (Å²) in [6.07, 6.45) is -0.952. The van der Waals surface area contributed by atoms with Gasteiger partial charge in [-0.2, -0.15) is 27.8 Å². The minimum Gasteiger partial charge on any atom is -0.472 e. The molecule has 0 radical (unpaired) electrons. The van der Waals surface area contributed by atoms with Crippen LogP contribution < -0.4 is 10.1 Å². The fourth-order valence-electron chi connectivity index (χ4n) is 3.82. The summed E-state index contributed by atoms with van der Waals surface area (Å²) in [6.45, 7) is 3.88. The molecule has 1 aliphatic heterocycles. The van der Waals surface area contributed by atoms with E-state index in [1.165, 1.54) is 53.4 Å². The normalized spacial score (nSPS) is 17.2. The van der Waals surface area contributed by atoms with E-state index in [4.69, 9.17) is 14.2 Å². The lowest BCUT2D eigenvalue weighted by atomic mass is 10.0. The molecule has 0 spiro atoms. The standard InChI is InChI=1S/C24H21F3N6O4/c1-23(2)36-13-14(37-23)12-35-22-20(31-21(34)18-11-28-9-10-29-18)33-19(30-22)8-7-17(32-33)15-5-3-4-6-16(15)24(25,26)27/h3-11,14H,12-13H2,1-2H3,(H,31,34)/t14-/m1/s1. The number of imidazole rings is 1. The summed E-state index contributed by atoms with van der Waals surface area (Å²) < 4.78 is 59.3. The second-order valence-corrected chi connectivity index (χ2v) is 8.60. The van der Waals surface area contributed by atoms with Gasteiger partial charge in [0.25, 0.3) is 11.8 Å². The number of fused-ring (bicyclic) bond motifs is 1. The Kier molecular flexibility index (Phi) is 6.25. The first-order valence-corrected chi connectivity index (χ1v) is 11.2. The average molecular weight is 514 g/mol. The van der Waals surface area contributed by atoms with Gasteiger partial charge in [-0.15, -0.1) is 0 Å². The maximum atomic E-state index is 13.6. The largest absolute Gasteiger partial charge is 0.472 e. The Balaban J connectivity index is 1.54. The third-order valence-electron chi connectivity index (χ3n) is 5.45. The van der Waals surface area contributed by atoms with Gasteiger partial charge in [0.15, 0.2) is 17.3 Å². The number of nitrogens with one attached hydrogen (secondary N) is 1. The molecule has 192 valence electrons. The predicted octanol–water partition coefficient (Wildman–Crippen LogP) is 3.99. The van der Waals surface area contributed by atoms with Crippen molar-refractivity contribution in [3.8, 4) is 17.1 Å². The van der Waals surface area contributed by atoms with E-state index in [1.807, 2.05) is 0 Å². The van der Waals surface area contributed by atoms with Crippen molar-refractivity contribution in [1.29, 1.82) is 0 Å². The Morgan fingerprint density at radius 3 is 2.73 bits per heavy atom. The van der Waals surface area contributed by atoms with Crippen molar-refractivity contribution in [3.63, 3.8) is 0 Å². The Labute approximate surface area is 208 Å². The van der Waals surface area contributed by atoms with E-state index in [0.29, 0.717) is 0 Å². The van der Waals surface area contributed by atoms with Gasteiger partial charge in [0, 0.05) is 18.0 Å². The zero-order valence-corrected chi connectivity index (χ0v) is 19.7. The molecule has 4 heterocycles. The molecule has 10 nitrogen and oxygen atoms in total. The van der Waals surface area contributed by atoms with E-state index in [1.54, 1.807) is 13.8 Å². The maximum Gasteiger partial charge on any atom is 0.417 e. The quantitative estimate of drug-likeness (QED) is 0.411. The highest BCUT2D eigenvalue weighted by Gasteiger charge is 2.35. The molecule has 0 unspecified atom stereocenters. The number of benzene rings is 1. The van der Waals surface area contributed by atoms with Crippen LogP contribution >= 0.6 is 0 Å². The number of rotatable bonds is 6. The second kappa shape index (κ2) is 9.41. The number of halogens is 3. The lowest BCUT2D eigenvalue weighted by Crippen LogP contribution is -2.25. The zero-order valence-electron chi connectivity index (χ0n) is 19.7. The van der Waals surface area contributed by atoms with Crippen molar-refractivity contribution in [2.24, 2.45) is 0 Å².